The predicted octanol–water partition coefficient (Wildman–Crippen LogP) is -0.242. The first-order valence-electron chi connectivity index (χ1n) is 6.02. The summed E-state index contributed by atoms with van der Waals surface area (Å²) in [4.78, 5) is 33.8. The first-order chi connectivity index (χ1) is 8.49. The van der Waals surface area contributed by atoms with E-state index in [0.717, 1.165) is 23.7 Å². The summed E-state index contributed by atoms with van der Waals surface area (Å²) in [5.74, 6) is -1.11. The van der Waals surface area contributed by atoms with Crippen molar-refractivity contribution in [3.8, 4) is 0 Å². The Balaban J connectivity index is 2.26. The summed E-state index contributed by atoms with van der Waals surface area (Å²) in [5, 5.41) is 11.2. The van der Waals surface area contributed by atoms with E-state index in [-0.39, 0.29) is 6.54 Å². The van der Waals surface area contributed by atoms with Crippen molar-refractivity contribution in [1.29, 1.82) is 0 Å². The summed E-state index contributed by atoms with van der Waals surface area (Å²) in [6.07, 6.45) is 4.48. The van der Waals surface area contributed by atoms with Crippen LogP contribution in [0.1, 0.15) is 25.7 Å². The molecule has 3 amide bonds. The molecular weight excluding hydrogens is 238 g/mol. The standard InChI is InChI=1S/C11H19N3O4/c12-9(15)6-14(7-10(16)17)11(18)13-5-1-2-8-3-4-8/h8H,1-7H2,(H2,12,15)(H,13,18)(H,16,17). The number of carbonyl (C=O) groups excluding carboxylic acids is 2. The molecule has 1 aliphatic rings. The molecule has 1 aliphatic carbocycles. The number of nitrogens with zero attached hydrogens (tertiary/aromatic N) is 1. The van der Waals surface area contributed by atoms with Gasteiger partial charge >= 0.3 is 12.0 Å². The van der Waals surface area contributed by atoms with Gasteiger partial charge in [0.2, 0.25) is 5.91 Å². The van der Waals surface area contributed by atoms with E-state index in [2.05, 4.69) is 5.32 Å². The van der Waals surface area contributed by atoms with E-state index in [9.17, 15) is 14.4 Å². The Labute approximate surface area is 105 Å². The molecule has 0 unspecified atom stereocenters. The summed E-state index contributed by atoms with van der Waals surface area (Å²) in [6.45, 7) is -0.428. The molecular formula is C11H19N3O4. The van der Waals surface area contributed by atoms with Crippen molar-refractivity contribution in [1.82, 2.24) is 10.2 Å². The number of hydrogen-bond acceptors (Lipinski definition) is 3. The van der Waals surface area contributed by atoms with E-state index >= 15 is 0 Å². The molecule has 0 radical (unpaired) electrons. The van der Waals surface area contributed by atoms with Crippen LogP contribution in [-0.4, -0.2) is 47.5 Å². The molecule has 0 heterocycles. The van der Waals surface area contributed by atoms with Gasteiger partial charge in [0.15, 0.2) is 0 Å². The number of carbonyl (C=O) groups is 3. The average molecular weight is 257 g/mol. The van der Waals surface area contributed by atoms with Crippen LogP contribution in [0.25, 0.3) is 0 Å². The maximum absolute atomic E-state index is 11.6. The van der Waals surface area contributed by atoms with E-state index in [1.807, 2.05) is 0 Å². The van der Waals surface area contributed by atoms with Crippen molar-refractivity contribution in [2.75, 3.05) is 19.6 Å². The minimum atomic E-state index is -1.18. The van der Waals surface area contributed by atoms with Gasteiger partial charge in [0.25, 0.3) is 0 Å². The third-order valence-electron chi connectivity index (χ3n) is 2.72. The first-order valence-corrected chi connectivity index (χ1v) is 6.02. The lowest BCUT2D eigenvalue weighted by Crippen LogP contribution is -2.46. The zero-order valence-corrected chi connectivity index (χ0v) is 10.2. The van der Waals surface area contributed by atoms with Crippen molar-refractivity contribution < 1.29 is 19.5 Å². The third kappa shape index (κ3) is 6.07. The predicted molar refractivity (Wildman–Crippen MR) is 63.8 cm³/mol. The molecule has 0 saturated heterocycles. The number of hydrogen-bond donors (Lipinski definition) is 3. The Morgan fingerprint density at radius 2 is 1.94 bits per heavy atom. The van der Waals surface area contributed by atoms with Gasteiger partial charge in [-0.25, -0.2) is 4.79 Å². The molecule has 0 aromatic heterocycles. The Morgan fingerprint density at radius 3 is 2.44 bits per heavy atom. The lowest BCUT2D eigenvalue weighted by Gasteiger charge is -2.19. The van der Waals surface area contributed by atoms with Gasteiger partial charge in [-0.2, -0.15) is 0 Å². The fourth-order valence-corrected chi connectivity index (χ4v) is 1.66. The molecule has 1 fully saturated rings. The fraction of sp³-hybridized carbons (Fsp3) is 0.727. The molecule has 0 aliphatic heterocycles. The van der Waals surface area contributed by atoms with Gasteiger partial charge in [-0.05, 0) is 18.8 Å². The lowest BCUT2D eigenvalue weighted by molar-refractivity contribution is -0.137. The highest BCUT2D eigenvalue weighted by molar-refractivity contribution is 5.85. The number of aliphatic carboxylic acids is 1. The average Bonchev–Trinajstić information content (AvgIpc) is 3.05. The topological polar surface area (TPSA) is 113 Å². The van der Waals surface area contributed by atoms with Gasteiger partial charge in [-0.15, -0.1) is 0 Å². The van der Waals surface area contributed by atoms with Gasteiger partial charge in [-0.1, -0.05) is 12.8 Å². The van der Waals surface area contributed by atoms with Crippen LogP contribution >= 0.6 is 0 Å². The molecule has 0 aromatic rings. The minimum Gasteiger partial charge on any atom is -0.480 e. The highest BCUT2D eigenvalue weighted by Gasteiger charge is 2.21. The maximum atomic E-state index is 11.6. The van der Waals surface area contributed by atoms with E-state index in [1.165, 1.54) is 12.8 Å². The van der Waals surface area contributed by atoms with Crippen molar-refractivity contribution in [3.63, 3.8) is 0 Å². The van der Waals surface area contributed by atoms with Crippen LogP contribution in [0.2, 0.25) is 0 Å². The van der Waals surface area contributed by atoms with Crippen molar-refractivity contribution >= 4 is 17.9 Å². The van der Waals surface area contributed by atoms with Crippen molar-refractivity contribution in [3.05, 3.63) is 0 Å². The summed E-state index contributed by atoms with van der Waals surface area (Å²) in [6, 6.07) is -0.563. The van der Waals surface area contributed by atoms with Gasteiger partial charge in [0.1, 0.15) is 13.1 Å². The molecule has 7 nitrogen and oxygen atoms in total. The van der Waals surface area contributed by atoms with Gasteiger partial charge in [0, 0.05) is 6.54 Å². The number of nitrogens with two attached hydrogens (primary N) is 1. The highest BCUT2D eigenvalue weighted by Crippen LogP contribution is 2.33. The molecule has 1 rings (SSSR count). The van der Waals surface area contributed by atoms with Crippen LogP contribution in [0.3, 0.4) is 0 Å². The molecule has 0 bridgehead atoms. The van der Waals surface area contributed by atoms with Gasteiger partial charge < -0.3 is 21.1 Å². The molecule has 7 heteroatoms. The molecule has 18 heavy (non-hydrogen) atoms. The number of nitrogens with one attached hydrogen (secondary N) is 1. The smallest absolute Gasteiger partial charge is 0.323 e. The van der Waals surface area contributed by atoms with Crippen molar-refractivity contribution in [2.24, 2.45) is 11.7 Å². The second kappa shape index (κ2) is 6.83. The Hall–Kier alpha value is -1.79. The first kappa shape index (κ1) is 14.3. The van der Waals surface area contributed by atoms with E-state index < -0.39 is 24.5 Å². The molecule has 1 saturated carbocycles. The second-order valence-corrected chi connectivity index (χ2v) is 4.53. The zero-order valence-electron chi connectivity index (χ0n) is 10.2. The number of carboxylic acid groups (broad SMARTS) is 1. The number of rotatable bonds is 8. The largest absolute Gasteiger partial charge is 0.480 e. The summed E-state index contributed by atoms with van der Waals surface area (Å²) in [5.41, 5.74) is 4.96. The summed E-state index contributed by atoms with van der Waals surface area (Å²) < 4.78 is 0. The van der Waals surface area contributed by atoms with Gasteiger partial charge in [-0.3, -0.25) is 9.59 Å². The van der Waals surface area contributed by atoms with E-state index in [4.69, 9.17) is 10.8 Å². The van der Waals surface area contributed by atoms with Crippen LogP contribution in [0.15, 0.2) is 0 Å². The van der Waals surface area contributed by atoms with E-state index in [1.54, 1.807) is 0 Å². The van der Waals surface area contributed by atoms with E-state index in [0.29, 0.717) is 6.54 Å². The summed E-state index contributed by atoms with van der Waals surface area (Å²) in [7, 11) is 0. The quantitative estimate of drug-likeness (QED) is 0.521. The SMILES string of the molecule is NC(=O)CN(CC(=O)O)C(=O)NCCCC1CC1. The number of carboxylic acids is 1. The number of amides is 3. The second-order valence-electron chi connectivity index (χ2n) is 4.53. The maximum Gasteiger partial charge on any atom is 0.323 e. The molecule has 4 N–H and O–H groups in total. The number of urea groups is 1. The Morgan fingerprint density at radius 1 is 1.28 bits per heavy atom. The molecule has 0 atom stereocenters. The highest BCUT2D eigenvalue weighted by atomic mass is 16.4. The Bertz CT molecular complexity index is 312. The zero-order chi connectivity index (χ0) is 13.5. The monoisotopic (exact) mass is 257 g/mol. The fourth-order valence-electron chi connectivity index (χ4n) is 1.66. The normalized spacial score (nSPS) is 14.0. The van der Waals surface area contributed by atoms with Crippen LogP contribution in [0.5, 0.6) is 0 Å². The van der Waals surface area contributed by atoms with Gasteiger partial charge in [0.05, 0.1) is 0 Å². The molecule has 0 spiro atoms. The minimum absolute atomic E-state index is 0.388. The van der Waals surface area contributed by atoms with Crippen LogP contribution in [0, 0.1) is 5.92 Å². The summed E-state index contributed by atoms with van der Waals surface area (Å²) >= 11 is 0. The van der Waals surface area contributed by atoms with Crippen LogP contribution in [-0.2, 0) is 9.59 Å². The van der Waals surface area contributed by atoms with Crippen LogP contribution in [0.4, 0.5) is 4.79 Å². The third-order valence-corrected chi connectivity index (χ3v) is 2.72. The molecule has 0 aromatic carbocycles. The lowest BCUT2D eigenvalue weighted by atomic mass is 10.2. The number of primary amides is 1. The van der Waals surface area contributed by atoms with Crippen molar-refractivity contribution in [2.45, 2.75) is 25.7 Å². The Kier molecular flexibility index (Phi) is 5.41. The van der Waals surface area contributed by atoms with Crippen LogP contribution < -0.4 is 11.1 Å². The molecule has 102 valence electrons.